The Morgan fingerprint density at radius 3 is 2.69 bits per heavy atom. The molecule has 8 heteroatoms. The van der Waals surface area contributed by atoms with Gasteiger partial charge in [-0.05, 0) is 6.92 Å². The molecule has 1 unspecified atom stereocenters. The monoisotopic (exact) mass is 243 g/mol. The number of carbonyl (C=O) groups excluding carboxylic acids is 2. The summed E-state index contributed by atoms with van der Waals surface area (Å²) in [5.74, 6) is 0.383. The van der Waals surface area contributed by atoms with Gasteiger partial charge in [0.2, 0.25) is 17.8 Å². The Morgan fingerprint density at radius 2 is 2.12 bits per heavy atom. The van der Waals surface area contributed by atoms with E-state index in [9.17, 15) is 9.59 Å². The number of nitrogens with one attached hydrogen (secondary N) is 3. The number of thioether (sulfide) groups is 1. The number of H-pyrrole nitrogens is 1. The maximum atomic E-state index is 10.8. The van der Waals surface area contributed by atoms with Crippen molar-refractivity contribution in [2.75, 3.05) is 10.6 Å². The number of rotatable bonds is 4. The Bertz CT molecular complexity index is 392. The molecular weight excluding hydrogens is 230 g/mol. The molecule has 1 heterocycles. The second kappa shape index (κ2) is 5.50. The van der Waals surface area contributed by atoms with Crippen molar-refractivity contribution in [2.45, 2.75) is 26.1 Å². The van der Waals surface area contributed by atoms with Gasteiger partial charge in [0.25, 0.3) is 0 Å². The molecule has 0 saturated carbocycles. The topological polar surface area (TPSA) is 99.8 Å². The lowest BCUT2D eigenvalue weighted by Gasteiger charge is -2.08. The first-order valence-corrected chi connectivity index (χ1v) is 5.49. The van der Waals surface area contributed by atoms with E-state index in [1.54, 1.807) is 0 Å². The van der Waals surface area contributed by atoms with Crippen molar-refractivity contribution in [2.24, 2.45) is 0 Å². The zero-order chi connectivity index (χ0) is 12.1. The summed E-state index contributed by atoms with van der Waals surface area (Å²) >= 11 is 1.14. The highest BCUT2D eigenvalue weighted by molar-refractivity contribution is 8.14. The van der Waals surface area contributed by atoms with Gasteiger partial charge in [0.05, 0.1) is 5.37 Å². The van der Waals surface area contributed by atoms with Gasteiger partial charge < -0.3 is 5.32 Å². The van der Waals surface area contributed by atoms with E-state index >= 15 is 0 Å². The van der Waals surface area contributed by atoms with Gasteiger partial charge in [-0.2, -0.15) is 4.98 Å². The summed E-state index contributed by atoms with van der Waals surface area (Å²) < 4.78 is 0. The number of hydrogen-bond donors (Lipinski definition) is 3. The molecule has 0 aliphatic carbocycles. The highest BCUT2D eigenvalue weighted by atomic mass is 32.2. The summed E-state index contributed by atoms with van der Waals surface area (Å²) in [6.07, 6.45) is 0. The Morgan fingerprint density at radius 1 is 1.44 bits per heavy atom. The molecule has 1 atom stereocenters. The second-order valence-corrected chi connectivity index (χ2v) is 4.60. The molecule has 1 amide bonds. The van der Waals surface area contributed by atoms with Gasteiger partial charge in [0, 0.05) is 13.8 Å². The highest BCUT2D eigenvalue weighted by Gasteiger charge is 2.09. The van der Waals surface area contributed by atoms with Gasteiger partial charge in [-0.25, -0.2) is 5.10 Å². The quantitative estimate of drug-likeness (QED) is 0.676. The average Bonchev–Trinajstić information content (AvgIpc) is 2.49. The van der Waals surface area contributed by atoms with Crippen LogP contribution in [0.5, 0.6) is 0 Å². The van der Waals surface area contributed by atoms with E-state index in [-0.39, 0.29) is 22.3 Å². The molecule has 1 aromatic heterocycles. The Hall–Kier alpha value is -1.57. The van der Waals surface area contributed by atoms with Crippen molar-refractivity contribution in [3.05, 3.63) is 0 Å². The van der Waals surface area contributed by atoms with Crippen LogP contribution in [0.15, 0.2) is 0 Å². The van der Waals surface area contributed by atoms with E-state index in [2.05, 4.69) is 25.8 Å². The van der Waals surface area contributed by atoms with Gasteiger partial charge in [0.1, 0.15) is 0 Å². The molecule has 0 fully saturated rings. The third kappa shape index (κ3) is 4.30. The van der Waals surface area contributed by atoms with Crippen LogP contribution in [0.3, 0.4) is 0 Å². The fourth-order valence-electron chi connectivity index (χ4n) is 1.01. The van der Waals surface area contributed by atoms with Crippen molar-refractivity contribution in [3.63, 3.8) is 0 Å². The van der Waals surface area contributed by atoms with Crippen molar-refractivity contribution in [1.82, 2.24) is 15.2 Å². The van der Waals surface area contributed by atoms with Crippen LogP contribution in [0.2, 0.25) is 0 Å². The number of amides is 1. The molecular formula is C8H13N5O2S. The predicted molar refractivity (Wildman–Crippen MR) is 62.0 cm³/mol. The largest absolute Gasteiger partial charge is 0.341 e. The zero-order valence-electron chi connectivity index (χ0n) is 9.20. The zero-order valence-corrected chi connectivity index (χ0v) is 10.0. The standard InChI is InChI=1S/C8H13N5O2S/c1-4(14)9-7-11-8(13-12-7)10-5(2)16-6(3)15/h5H,1-3H3,(H3,9,10,11,12,13,14). The Labute approximate surface area is 96.8 Å². The SMILES string of the molecule is CC(=O)Nc1nc(NC(C)SC(C)=O)n[nH]1. The lowest BCUT2D eigenvalue weighted by Crippen LogP contribution is -2.13. The lowest BCUT2D eigenvalue weighted by atomic mass is 10.7. The van der Waals surface area contributed by atoms with Gasteiger partial charge in [-0.1, -0.05) is 11.8 Å². The molecule has 3 N–H and O–H groups in total. The van der Waals surface area contributed by atoms with Crippen LogP contribution in [0, 0.1) is 0 Å². The number of anilines is 2. The molecule has 0 bridgehead atoms. The molecule has 0 aromatic carbocycles. The van der Waals surface area contributed by atoms with Crippen LogP contribution in [0.25, 0.3) is 0 Å². The van der Waals surface area contributed by atoms with Gasteiger partial charge in [-0.3, -0.25) is 14.9 Å². The molecule has 0 saturated heterocycles. The van der Waals surface area contributed by atoms with E-state index in [0.29, 0.717) is 5.95 Å². The maximum absolute atomic E-state index is 10.8. The van der Waals surface area contributed by atoms with Crippen molar-refractivity contribution >= 4 is 34.7 Å². The molecule has 88 valence electrons. The number of aromatic amines is 1. The van der Waals surface area contributed by atoms with Crippen molar-refractivity contribution in [1.29, 1.82) is 0 Å². The first kappa shape index (κ1) is 12.5. The summed E-state index contributed by atoms with van der Waals surface area (Å²) in [5.41, 5.74) is 0. The molecule has 0 spiro atoms. The molecule has 0 aliphatic rings. The summed E-state index contributed by atoms with van der Waals surface area (Å²) in [6.45, 7) is 4.69. The molecule has 0 aliphatic heterocycles. The smallest absolute Gasteiger partial charge is 0.244 e. The molecule has 16 heavy (non-hydrogen) atoms. The van der Waals surface area contributed by atoms with Crippen LogP contribution in [0.4, 0.5) is 11.9 Å². The van der Waals surface area contributed by atoms with E-state index in [1.807, 2.05) is 6.92 Å². The summed E-state index contributed by atoms with van der Waals surface area (Å²) in [7, 11) is 0. The Balaban J connectivity index is 2.51. The summed E-state index contributed by atoms with van der Waals surface area (Å²) in [6, 6.07) is 0. The summed E-state index contributed by atoms with van der Waals surface area (Å²) in [4.78, 5) is 25.5. The van der Waals surface area contributed by atoms with Crippen molar-refractivity contribution < 1.29 is 9.59 Å². The minimum Gasteiger partial charge on any atom is -0.341 e. The van der Waals surface area contributed by atoms with Gasteiger partial charge in [-0.15, -0.1) is 5.10 Å². The normalized spacial score (nSPS) is 11.9. The minimum absolute atomic E-state index is 0.0117. The third-order valence-electron chi connectivity index (χ3n) is 1.45. The molecule has 0 radical (unpaired) electrons. The van der Waals surface area contributed by atoms with Crippen LogP contribution in [-0.2, 0) is 9.59 Å². The highest BCUT2D eigenvalue weighted by Crippen LogP contribution is 2.13. The average molecular weight is 243 g/mol. The van der Waals surface area contributed by atoms with Crippen LogP contribution in [0.1, 0.15) is 20.8 Å². The van der Waals surface area contributed by atoms with Gasteiger partial charge >= 0.3 is 0 Å². The van der Waals surface area contributed by atoms with E-state index in [0.717, 1.165) is 11.8 Å². The van der Waals surface area contributed by atoms with Crippen LogP contribution < -0.4 is 10.6 Å². The van der Waals surface area contributed by atoms with E-state index in [1.165, 1.54) is 13.8 Å². The number of nitrogens with zero attached hydrogens (tertiary/aromatic N) is 2. The molecule has 1 aromatic rings. The first-order chi connectivity index (χ1) is 7.47. The van der Waals surface area contributed by atoms with E-state index in [4.69, 9.17) is 0 Å². The number of carbonyl (C=O) groups is 2. The van der Waals surface area contributed by atoms with Gasteiger partial charge in [0.15, 0.2) is 5.12 Å². The number of hydrogen-bond acceptors (Lipinski definition) is 6. The number of aromatic nitrogens is 3. The van der Waals surface area contributed by atoms with E-state index < -0.39 is 0 Å². The fraction of sp³-hybridized carbons (Fsp3) is 0.500. The lowest BCUT2D eigenvalue weighted by molar-refractivity contribution is -0.114. The predicted octanol–water partition coefficient (Wildman–Crippen LogP) is 0.801. The second-order valence-electron chi connectivity index (χ2n) is 3.08. The third-order valence-corrected chi connectivity index (χ3v) is 2.26. The first-order valence-electron chi connectivity index (χ1n) is 4.61. The fourth-order valence-corrected chi connectivity index (χ4v) is 1.67. The Kier molecular flexibility index (Phi) is 4.29. The molecule has 7 nitrogen and oxygen atoms in total. The van der Waals surface area contributed by atoms with Crippen molar-refractivity contribution in [3.8, 4) is 0 Å². The van der Waals surface area contributed by atoms with Crippen LogP contribution in [-0.4, -0.2) is 31.6 Å². The van der Waals surface area contributed by atoms with Crippen LogP contribution >= 0.6 is 11.8 Å². The minimum atomic E-state index is -0.228. The summed E-state index contributed by atoms with van der Waals surface area (Å²) in [5, 5.41) is 11.6. The maximum Gasteiger partial charge on any atom is 0.244 e. The molecule has 1 rings (SSSR count).